The average Bonchev–Trinajstić information content (AvgIpc) is 2.27. The zero-order valence-corrected chi connectivity index (χ0v) is 10.5. The maximum Gasteiger partial charge on any atom is 0.264 e. The standard InChI is InChI=1S/C8H15N3O5S/c1-14-8-7(10-11-9)4-3-6(16-8)5-15-17(2,12)13/h6-8H,3-5H2,1-2H3/t6-,7-,8+/m0/s1. The van der Waals surface area contributed by atoms with Crippen molar-refractivity contribution in [1.82, 2.24) is 0 Å². The van der Waals surface area contributed by atoms with E-state index in [1.807, 2.05) is 0 Å². The highest BCUT2D eigenvalue weighted by molar-refractivity contribution is 7.85. The number of rotatable bonds is 5. The molecule has 1 rings (SSSR count). The van der Waals surface area contributed by atoms with Crippen LogP contribution in [0.5, 0.6) is 0 Å². The minimum absolute atomic E-state index is 0.0539. The molecule has 0 aromatic carbocycles. The first-order valence-electron chi connectivity index (χ1n) is 5.03. The molecule has 0 N–H and O–H groups in total. The maximum atomic E-state index is 10.8. The molecule has 0 saturated carbocycles. The molecule has 1 heterocycles. The van der Waals surface area contributed by atoms with Crippen LogP contribution in [-0.2, 0) is 23.8 Å². The smallest absolute Gasteiger partial charge is 0.264 e. The summed E-state index contributed by atoms with van der Waals surface area (Å²) >= 11 is 0. The molecule has 98 valence electrons. The van der Waals surface area contributed by atoms with Crippen LogP contribution >= 0.6 is 0 Å². The van der Waals surface area contributed by atoms with Crippen LogP contribution in [0.2, 0.25) is 0 Å². The van der Waals surface area contributed by atoms with Gasteiger partial charge < -0.3 is 9.47 Å². The molecule has 9 heteroatoms. The number of hydrogen-bond donors (Lipinski definition) is 0. The van der Waals surface area contributed by atoms with Gasteiger partial charge in [0.1, 0.15) is 0 Å². The largest absolute Gasteiger partial charge is 0.355 e. The Labute approximate surface area is 99.6 Å². The molecule has 0 radical (unpaired) electrons. The fourth-order valence-electron chi connectivity index (χ4n) is 1.55. The molecule has 0 aliphatic carbocycles. The summed E-state index contributed by atoms with van der Waals surface area (Å²) in [5, 5.41) is 3.55. The van der Waals surface area contributed by atoms with Gasteiger partial charge in [0.15, 0.2) is 6.29 Å². The monoisotopic (exact) mass is 265 g/mol. The van der Waals surface area contributed by atoms with E-state index >= 15 is 0 Å². The summed E-state index contributed by atoms with van der Waals surface area (Å²) in [7, 11) is -2.04. The van der Waals surface area contributed by atoms with Gasteiger partial charge in [0.2, 0.25) is 0 Å². The summed E-state index contributed by atoms with van der Waals surface area (Å²) in [4.78, 5) is 2.71. The lowest BCUT2D eigenvalue weighted by Gasteiger charge is -2.32. The van der Waals surface area contributed by atoms with Gasteiger partial charge >= 0.3 is 0 Å². The van der Waals surface area contributed by atoms with Gasteiger partial charge in [-0.05, 0) is 18.4 Å². The molecule has 1 saturated heterocycles. The van der Waals surface area contributed by atoms with E-state index in [9.17, 15) is 8.42 Å². The second kappa shape index (κ2) is 6.18. The van der Waals surface area contributed by atoms with Crippen LogP contribution in [0.3, 0.4) is 0 Å². The highest BCUT2D eigenvalue weighted by Crippen LogP contribution is 2.23. The van der Waals surface area contributed by atoms with Crippen LogP contribution in [0, 0.1) is 0 Å². The SMILES string of the molecule is CO[C@@H]1O[C@H](COS(C)(=O)=O)CC[C@@H]1N=[N+]=[N-]. The third-order valence-corrected chi connectivity index (χ3v) is 2.89. The normalized spacial score (nSPS) is 29.6. The summed E-state index contributed by atoms with van der Waals surface area (Å²) in [6, 6.07) is -0.389. The Morgan fingerprint density at radius 3 is 2.76 bits per heavy atom. The van der Waals surface area contributed by atoms with Crippen molar-refractivity contribution >= 4 is 10.1 Å². The molecule has 0 spiro atoms. The molecule has 0 aromatic rings. The zero-order chi connectivity index (χ0) is 12.9. The van der Waals surface area contributed by atoms with E-state index in [0.29, 0.717) is 12.8 Å². The van der Waals surface area contributed by atoms with Crippen LogP contribution < -0.4 is 0 Å². The first-order valence-corrected chi connectivity index (χ1v) is 6.85. The Kier molecular flexibility index (Phi) is 5.16. The van der Waals surface area contributed by atoms with Gasteiger partial charge in [-0.2, -0.15) is 8.42 Å². The van der Waals surface area contributed by atoms with Crippen LogP contribution in [-0.4, -0.2) is 46.8 Å². The molecule has 0 aromatic heterocycles. The van der Waals surface area contributed by atoms with Gasteiger partial charge in [0, 0.05) is 12.0 Å². The van der Waals surface area contributed by atoms with Crippen molar-refractivity contribution in [3.05, 3.63) is 10.4 Å². The van der Waals surface area contributed by atoms with E-state index in [1.54, 1.807) is 0 Å². The maximum absolute atomic E-state index is 10.8. The van der Waals surface area contributed by atoms with Crippen molar-refractivity contribution in [2.45, 2.75) is 31.3 Å². The summed E-state index contributed by atoms with van der Waals surface area (Å²) in [5.41, 5.74) is 8.35. The molecule has 8 nitrogen and oxygen atoms in total. The van der Waals surface area contributed by atoms with Crippen molar-refractivity contribution < 1.29 is 22.1 Å². The lowest BCUT2D eigenvalue weighted by molar-refractivity contribution is -0.194. The fraction of sp³-hybridized carbons (Fsp3) is 1.00. The number of nitrogens with zero attached hydrogens (tertiary/aromatic N) is 3. The van der Waals surface area contributed by atoms with E-state index in [2.05, 4.69) is 14.2 Å². The van der Waals surface area contributed by atoms with E-state index in [0.717, 1.165) is 6.26 Å². The van der Waals surface area contributed by atoms with Crippen molar-refractivity contribution in [2.24, 2.45) is 5.11 Å². The third kappa shape index (κ3) is 4.88. The molecule has 3 atom stereocenters. The van der Waals surface area contributed by atoms with E-state index in [4.69, 9.17) is 15.0 Å². The molecule has 1 aliphatic rings. The quantitative estimate of drug-likeness (QED) is 0.316. The number of methoxy groups -OCH3 is 1. The zero-order valence-electron chi connectivity index (χ0n) is 9.64. The highest BCUT2D eigenvalue weighted by Gasteiger charge is 2.31. The minimum Gasteiger partial charge on any atom is -0.355 e. The Morgan fingerprint density at radius 2 is 2.24 bits per heavy atom. The van der Waals surface area contributed by atoms with Crippen LogP contribution in [0.25, 0.3) is 10.4 Å². The lowest BCUT2D eigenvalue weighted by atomic mass is 10.1. The molecule has 17 heavy (non-hydrogen) atoms. The highest BCUT2D eigenvalue weighted by atomic mass is 32.2. The predicted octanol–water partition coefficient (Wildman–Crippen LogP) is 0.793. The second-order valence-electron chi connectivity index (χ2n) is 3.70. The Hall–Kier alpha value is -0.860. The van der Waals surface area contributed by atoms with Gasteiger partial charge in [-0.3, -0.25) is 4.18 Å². The molecular formula is C8H15N3O5S. The molecule has 0 bridgehead atoms. The van der Waals surface area contributed by atoms with Crippen LogP contribution in [0.4, 0.5) is 0 Å². The van der Waals surface area contributed by atoms with E-state index in [1.165, 1.54) is 7.11 Å². The number of ether oxygens (including phenoxy) is 2. The van der Waals surface area contributed by atoms with Gasteiger partial charge in [-0.1, -0.05) is 5.11 Å². The third-order valence-electron chi connectivity index (χ3n) is 2.33. The average molecular weight is 265 g/mol. The van der Waals surface area contributed by atoms with Gasteiger partial charge in [-0.25, -0.2) is 0 Å². The lowest BCUT2D eigenvalue weighted by Crippen LogP contribution is -2.40. The first kappa shape index (κ1) is 14.2. The van der Waals surface area contributed by atoms with E-state index < -0.39 is 16.4 Å². The van der Waals surface area contributed by atoms with Gasteiger partial charge in [-0.15, -0.1) is 0 Å². The summed E-state index contributed by atoms with van der Waals surface area (Å²) in [6.07, 6.45) is 1.07. The van der Waals surface area contributed by atoms with Crippen LogP contribution in [0.15, 0.2) is 5.11 Å². The Balaban J connectivity index is 2.50. The number of hydrogen-bond acceptors (Lipinski definition) is 6. The topological polar surface area (TPSA) is 111 Å². The van der Waals surface area contributed by atoms with Crippen molar-refractivity contribution in [2.75, 3.05) is 20.0 Å². The van der Waals surface area contributed by atoms with Crippen molar-refractivity contribution in [1.29, 1.82) is 0 Å². The summed E-state index contributed by atoms with van der Waals surface area (Å²) in [6.45, 7) is -0.0539. The Morgan fingerprint density at radius 1 is 1.53 bits per heavy atom. The second-order valence-corrected chi connectivity index (χ2v) is 5.34. The first-order chi connectivity index (χ1) is 7.96. The Bertz CT molecular complexity index is 392. The molecule has 0 unspecified atom stereocenters. The van der Waals surface area contributed by atoms with Gasteiger partial charge in [0.25, 0.3) is 10.1 Å². The van der Waals surface area contributed by atoms with Crippen molar-refractivity contribution in [3.63, 3.8) is 0 Å². The van der Waals surface area contributed by atoms with Crippen molar-refractivity contribution in [3.8, 4) is 0 Å². The molecular weight excluding hydrogens is 250 g/mol. The summed E-state index contributed by atoms with van der Waals surface area (Å²) < 4.78 is 36.7. The molecule has 0 amide bonds. The number of azide groups is 1. The van der Waals surface area contributed by atoms with E-state index in [-0.39, 0.29) is 18.8 Å². The minimum atomic E-state index is -3.47. The predicted molar refractivity (Wildman–Crippen MR) is 58.6 cm³/mol. The molecule has 1 fully saturated rings. The van der Waals surface area contributed by atoms with Crippen LogP contribution in [0.1, 0.15) is 12.8 Å². The fourth-order valence-corrected chi connectivity index (χ4v) is 1.95. The molecule has 1 aliphatic heterocycles. The summed E-state index contributed by atoms with van der Waals surface area (Å²) in [5.74, 6) is 0. The van der Waals surface area contributed by atoms with Gasteiger partial charge in [0.05, 0.1) is 25.0 Å².